The molecule has 1 aromatic heterocycles. The minimum absolute atomic E-state index is 0.0494. The van der Waals surface area contributed by atoms with Gasteiger partial charge in [-0.25, -0.2) is 17.9 Å². The van der Waals surface area contributed by atoms with Gasteiger partial charge in [-0.15, -0.1) is 11.3 Å². The summed E-state index contributed by atoms with van der Waals surface area (Å²) in [7, 11) is -2.87. The number of unbranched alkanes of at least 4 members (excludes halogenated alkanes) is 1. The first kappa shape index (κ1) is 33.6. The molecule has 1 fully saturated rings. The zero-order chi connectivity index (χ0) is 30.7. The quantitative estimate of drug-likeness (QED) is 0.194. The monoisotopic (exact) mass is 620 g/mol. The largest absolute Gasteiger partial charge is 0.468 e. The first-order valence-corrected chi connectivity index (χ1v) is 17.1. The summed E-state index contributed by atoms with van der Waals surface area (Å²) in [5.74, 6) is 0.103. The molecule has 0 saturated heterocycles. The van der Waals surface area contributed by atoms with Crippen molar-refractivity contribution in [1.82, 2.24) is 9.62 Å². The van der Waals surface area contributed by atoms with Gasteiger partial charge in [0.1, 0.15) is 10.8 Å². The summed E-state index contributed by atoms with van der Waals surface area (Å²) in [6, 6.07) is 9.12. The highest BCUT2D eigenvalue weighted by atomic mass is 32.2. The fourth-order valence-electron chi connectivity index (χ4n) is 5.05. The highest BCUT2D eigenvalue weighted by Gasteiger charge is 2.27. The topological polar surface area (TPSA) is 119 Å². The molecule has 0 bridgehead atoms. The second-order valence-corrected chi connectivity index (χ2v) is 14.4. The van der Waals surface area contributed by atoms with Gasteiger partial charge in [0.05, 0.1) is 13.7 Å². The molecular formula is C31H44N2O7S2. The molecule has 9 nitrogen and oxygen atoms in total. The van der Waals surface area contributed by atoms with Crippen LogP contribution in [0.15, 0.2) is 34.5 Å². The fourth-order valence-corrected chi connectivity index (χ4v) is 7.89. The lowest BCUT2D eigenvalue weighted by Gasteiger charge is -2.26. The van der Waals surface area contributed by atoms with E-state index < -0.39 is 22.1 Å². The highest BCUT2D eigenvalue weighted by molar-refractivity contribution is 7.92. The number of nitrogens with zero attached hydrogens (tertiary/aromatic N) is 1. The molecule has 3 rings (SSSR count). The van der Waals surface area contributed by atoms with Crippen molar-refractivity contribution in [2.45, 2.75) is 89.3 Å². The smallest absolute Gasteiger partial charge is 0.421 e. The van der Waals surface area contributed by atoms with Crippen LogP contribution in [0.25, 0.3) is 11.1 Å². The molecule has 1 saturated carbocycles. The minimum Gasteiger partial charge on any atom is -0.468 e. The number of methoxy groups -OCH3 is 1. The number of amides is 2. The zero-order valence-electron chi connectivity index (χ0n) is 25.1. The Morgan fingerprint density at radius 1 is 1.10 bits per heavy atom. The molecule has 1 aliphatic carbocycles. The normalized spacial score (nSPS) is 14.0. The number of sulfonamides is 1. The van der Waals surface area contributed by atoms with E-state index in [2.05, 4.69) is 13.8 Å². The number of rotatable bonds is 14. The van der Waals surface area contributed by atoms with Gasteiger partial charge < -0.3 is 14.4 Å². The molecule has 11 heteroatoms. The molecule has 0 atom stereocenters. The van der Waals surface area contributed by atoms with E-state index in [1.165, 1.54) is 18.4 Å². The van der Waals surface area contributed by atoms with Gasteiger partial charge in [0.2, 0.25) is 5.91 Å². The van der Waals surface area contributed by atoms with Crippen molar-refractivity contribution in [2.75, 3.05) is 20.3 Å². The molecular weight excluding hydrogens is 576 g/mol. The lowest BCUT2D eigenvalue weighted by Crippen LogP contribution is -2.36. The molecule has 0 spiro atoms. The first-order chi connectivity index (χ1) is 20.0. The number of benzene rings is 1. The molecule has 1 heterocycles. The second-order valence-electron chi connectivity index (χ2n) is 11.3. The molecule has 0 aliphatic heterocycles. The van der Waals surface area contributed by atoms with Crippen LogP contribution >= 0.6 is 11.3 Å². The standard InChI is InChI=1S/C31H44N2O7S2/c1-5-6-16-40-31(36)32-42(37,38)30-27(19-26(41-30)17-22(2)3)25-14-12-24(13-15-25)20-33(21-29(35)39-4)28(34)18-23-10-8-7-9-11-23/h12-15,19,22-23H,5-11,16-18,20-21H2,1-4H3,(H,32,36). The van der Waals surface area contributed by atoms with Crippen molar-refractivity contribution in [1.29, 1.82) is 0 Å². The van der Waals surface area contributed by atoms with Crippen LogP contribution in [0.2, 0.25) is 0 Å². The maximum atomic E-state index is 13.3. The summed E-state index contributed by atoms with van der Waals surface area (Å²) in [4.78, 5) is 39.9. The Labute approximate surface area is 254 Å². The van der Waals surface area contributed by atoms with Gasteiger partial charge in [-0.1, -0.05) is 70.7 Å². The van der Waals surface area contributed by atoms with Crippen molar-refractivity contribution >= 4 is 39.3 Å². The SMILES string of the molecule is CCCCOC(=O)NS(=O)(=O)c1sc(CC(C)C)cc1-c1ccc(CN(CC(=O)OC)C(=O)CC2CCCCC2)cc1. The summed E-state index contributed by atoms with van der Waals surface area (Å²) in [5, 5.41) is 0. The van der Waals surface area contributed by atoms with E-state index in [0.717, 1.165) is 53.9 Å². The van der Waals surface area contributed by atoms with Crippen LogP contribution in [0.5, 0.6) is 0 Å². The summed E-state index contributed by atoms with van der Waals surface area (Å²) in [6.07, 6.45) is 7.10. The second kappa shape index (κ2) is 16.1. The predicted octanol–water partition coefficient (Wildman–Crippen LogP) is 6.30. The third-order valence-electron chi connectivity index (χ3n) is 7.28. The van der Waals surface area contributed by atoms with Crippen LogP contribution < -0.4 is 4.72 Å². The summed E-state index contributed by atoms with van der Waals surface area (Å²) < 4.78 is 38.5. The number of thiophene rings is 1. The maximum absolute atomic E-state index is 13.3. The fraction of sp³-hybridized carbons (Fsp3) is 0.581. The van der Waals surface area contributed by atoms with Crippen molar-refractivity contribution in [3.05, 3.63) is 40.8 Å². The number of esters is 1. The number of carbonyl (C=O) groups excluding carboxylic acids is 3. The van der Waals surface area contributed by atoms with Gasteiger partial charge >= 0.3 is 12.1 Å². The number of hydrogen-bond donors (Lipinski definition) is 1. The van der Waals surface area contributed by atoms with Crippen molar-refractivity contribution in [3.8, 4) is 11.1 Å². The lowest BCUT2D eigenvalue weighted by atomic mass is 9.86. The summed E-state index contributed by atoms with van der Waals surface area (Å²) in [5.41, 5.74) is 1.97. The number of hydrogen-bond acceptors (Lipinski definition) is 8. The van der Waals surface area contributed by atoms with E-state index in [1.807, 2.05) is 29.8 Å². The van der Waals surface area contributed by atoms with Crippen LogP contribution in [-0.4, -0.2) is 51.5 Å². The van der Waals surface area contributed by atoms with E-state index in [4.69, 9.17) is 9.47 Å². The van der Waals surface area contributed by atoms with Gasteiger partial charge in [-0.3, -0.25) is 9.59 Å². The zero-order valence-corrected chi connectivity index (χ0v) is 26.8. The molecule has 42 heavy (non-hydrogen) atoms. The Balaban J connectivity index is 1.82. The Kier molecular flexibility index (Phi) is 12.8. The molecule has 1 N–H and O–H groups in total. The number of ether oxygens (including phenoxy) is 2. The minimum atomic E-state index is -4.17. The summed E-state index contributed by atoms with van der Waals surface area (Å²) >= 11 is 1.14. The Morgan fingerprint density at radius 3 is 2.40 bits per heavy atom. The van der Waals surface area contributed by atoms with Crippen molar-refractivity contribution < 1.29 is 32.3 Å². The predicted molar refractivity (Wildman–Crippen MR) is 163 cm³/mol. The van der Waals surface area contributed by atoms with E-state index in [-0.39, 0.29) is 29.8 Å². The Bertz CT molecular complexity index is 1300. The average molecular weight is 621 g/mol. The molecule has 1 aliphatic rings. The maximum Gasteiger partial charge on any atom is 0.421 e. The van der Waals surface area contributed by atoms with E-state index in [9.17, 15) is 22.8 Å². The first-order valence-electron chi connectivity index (χ1n) is 14.8. The lowest BCUT2D eigenvalue weighted by molar-refractivity contribution is -0.147. The Morgan fingerprint density at radius 2 is 1.79 bits per heavy atom. The third-order valence-corrected chi connectivity index (χ3v) is 10.3. The van der Waals surface area contributed by atoms with Crippen LogP contribution in [-0.2, 0) is 42.1 Å². The molecule has 2 amide bonds. The third kappa shape index (κ3) is 10.1. The molecule has 2 aromatic rings. The molecule has 232 valence electrons. The Hall–Kier alpha value is -2.92. The van der Waals surface area contributed by atoms with Gasteiger partial charge in [0.15, 0.2) is 0 Å². The molecule has 1 aromatic carbocycles. The molecule has 0 radical (unpaired) electrons. The van der Waals surface area contributed by atoms with E-state index >= 15 is 0 Å². The van der Waals surface area contributed by atoms with Gasteiger partial charge in [-0.2, -0.15) is 0 Å². The average Bonchev–Trinajstić information content (AvgIpc) is 3.37. The number of carbonyl (C=O) groups is 3. The van der Waals surface area contributed by atoms with Gasteiger partial charge in [0.25, 0.3) is 10.0 Å². The van der Waals surface area contributed by atoms with E-state index in [1.54, 1.807) is 12.1 Å². The van der Waals surface area contributed by atoms with Crippen LogP contribution in [0, 0.1) is 11.8 Å². The number of nitrogens with one attached hydrogen (secondary N) is 1. The van der Waals surface area contributed by atoms with Crippen molar-refractivity contribution in [3.63, 3.8) is 0 Å². The van der Waals surface area contributed by atoms with Gasteiger partial charge in [0, 0.05) is 23.4 Å². The summed E-state index contributed by atoms with van der Waals surface area (Å²) in [6.45, 7) is 6.31. The van der Waals surface area contributed by atoms with Crippen LogP contribution in [0.1, 0.15) is 82.6 Å². The molecule has 0 unspecified atom stereocenters. The van der Waals surface area contributed by atoms with Crippen molar-refractivity contribution in [2.24, 2.45) is 11.8 Å². The van der Waals surface area contributed by atoms with E-state index in [0.29, 0.717) is 42.2 Å². The highest BCUT2D eigenvalue weighted by Crippen LogP contribution is 2.36. The van der Waals surface area contributed by atoms with Gasteiger partial charge in [-0.05, 0) is 54.7 Å². The van der Waals surface area contributed by atoms with Crippen LogP contribution in [0.3, 0.4) is 0 Å². The van der Waals surface area contributed by atoms with Crippen LogP contribution in [0.4, 0.5) is 4.79 Å².